The van der Waals surface area contributed by atoms with Crippen molar-refractivity contribution in [3.63, 3.8) is 0 Å². The zero-order chi connectivity index (χ0) is 19.6. The van der Waals surface area contributed by atoms with Crippen molar-refractivity contribution in [1.29, 1.82) is 0 Å². The molecule has 146 valence electrons. The lowest BCUT2D eigenvalue weighted by atomic mass is 10.0. The predicted octanol–water partition coefficient (Wildman–Crippen LogP) is 3.64. The van der Waals surface area contributed by atoms with Crippen LogP contribution in [0.2, 0.25) is 0 Å². The summed E-state index contributed by atoms with van der Waals surface area (Å²) in [6, 6.07) is 14.0. The van der Waals surface area contributed by atoms with Gasteiger partial charge in [0.25, 0.3) is 0 Å². The van der Waals surface area contributed by atoms with Crippen molar-refractivity contribution in [2.45, 2.75) is 6.04 Å². The van der Waals surface area contributed by atoms with E-state index in [0.29, 0.717) is 0 Å². The summed E-state index contributed by atoms with van der Waals surface area (Å²) >= 11 is 1.61. The average Bonchev–Trinajstić information content (AvgIpc) is 3.24. The number of fused-ring (bicyclic) bond motifs is 1. The zero-order valence-corrected chi connectivity index (χ0v) is 16.7. The standard InChI is InChI=1S/C22H21N5OS/c23-20(18-3-1-2-8-24-18)21-19-17(13-29-22(19)26-14-25-21)15-4-6-16(7-5-15)27-9-11-28-12-10-27/h1-8,13-14,20H,9-12,23H2. The Balaban J connectivity index is 1.54. The summed E-state index contributed by atoms with van der Waals surface area (Å²) < 4.78 is 5.45. The lowest BCUT2D eigenvalue weighted by Gasteiger charge is -2.28. The highest BCUT2D eigenvalue weighted by atomic mass is 32.1. The van der Waals surface area contributed by atoms with E-state index in [1.54, 1.807) is 23.9 Å². The maximum Gasteiger partial charge on any atom is 0.127 e. The van der Waals surface area contributed by atoms with Crippen molar-refractivity contribution in [1.82, 2.24) is 15.0 Å². The largest absolute Gasteiger partial charge is 0.378 e. The summed E-state index contributed by atoms with van der Waals surface area (Å²) in [6.07, 6.45) is 3.34. The molecule has 1 aromatic carbocycles. The first kappa shape index (κ1) is 18.2. The van der Waals surface area contributed by atoms with Crippen molar-refractivity contribution in [2.75, 3.05) is 31.2 Å². The molecule has 0 aliphatic carbocycles. The van der Waals surface area contributed by atoms with Crippen LogP contribution < -0.4 is 10.6 Å². The van der Waals surface area contributed by atoms with Crippen molar-refractivity contribution in [2.24, 2.45) is 5.73 Å². The van der Waals surface area contributed by atoms with Crippen LogP contribution in [-0.4, -0.2) is 41.3 Å². The van der Waals surface area contributed by atoms with Gasteiger partial charge in [0.05, 0.1) is 30.6 Å². The van der Waals surface area contributed by atoms with Gasteiger partial charge in [-0.2, -0.15) is 0 Å². The monoisotopic (exact) mass is 403 g/mol. The third-order valence-electron chi connectivity index (χ3n) is 5.26. The molecule has 0 saturated carbocycles. The molecule has 3 aromatic heterocycles. The predicted molar refractivity (Wildman–Crippen MR) is 116 cm³/mol. The van der Waals surface area contributed by atoms with Gasteiger partial charge in [0.2, 0.25) is 0 Å². The topological polar surface area (TPSA) is 77.2 Å². The molecule has 0 spiro atoms. The molecular formula is C22H21N5OS. The first-order valence-electron chi connectivity index (χ1n) is 9.63. The van der Waals surface area contributed by atoms with E-state index in [1.165, 1.54) is 5.69 Å². The molecule has 1 unspecified atom stereocenters. The number of rotatable bonds is 4. The smallest absolute Gasteiger partial charge is 0.127 e. The number of morpholine rings is 1. The summed E-state index contributed by atoms with van der Waals surface area (Å²) in [7, 11) is 0. The van der Waals surface area contributed by atoms with Crippen LogP contribution in [-0.2, 0) is 4.74 Å². The molecule has 2 N–H and O–H groups in total. The molecule has 1 atom stereocenters. The number of anilines is 1. The van der Waals surface area contributed by atoms with Crippen LogP contribution >= 0.6 is 11.3 Å². The number of nitrogens with zero attached hydrogens (tertiary/aromatic N) is 4. The van der Waals surface area contributed by atoms with Gasteiger partial charge >= 0.3 is 0 Å². The molecule has 4 heterocycles. The lowest BCUT2D eigenvalue weighted by Crippen LogP contribution is -2.36. The van der Waals surface area contributed by atoms with Gasteiger partial charge in [0.15, 0.2) is 0 Å². The Hall–Kier alpha value is -2.87. The number of hydrogen-bond donors (Lipinski definition) is 1. The van der Waals surface area contributed by atoms with Crippen LogP contribution in [0, 0.1) is 0 Å². The molecule has 1 fully saturated rings. The molecule has 0 amide bonds. The zero-order valence-electron chi connectivity index (χ0n) is 15.9. The molecule has 1 aliphatic rings. The maximum atomic E-state index is 6.54. The number of benzene rings is 1. The van der Waals surface area contributed by atoms with Gasteiger partial charge in [0.1, 0.15) is 11.2 Å². The Bertz CT molecular complexity index is 1110. The maximum absolute atomic E-state index is 6.54. The summed E-state index contributed by atoms with van der Waals surface area (Å²) in [5.74, 6) is 0. The minimum absolute atomic E-state index is 0.400. The van der Waals surface area contributed by atoms with E-state index in [1.807, 2.05) is 18.2 Å². The molecule has 4 aromatic rings. The van der Waals surface area contributed by atoms with Gasteiger partial charge in [-0.05, 0) is 29.8 Å². The van der Waals surface area contributed by atoms with Gasteiger partial charge in [-0.3, -0.25) is 4.98 Å². The number of thiophene rings is 1. The fourth-order valence-electron chi connectivity index (χ4n) is 3.72. The van der Waals surface area contributed by atoms with Gasteiger partial charge in [-0.1, -0.05) is 18.2 Å². The molecule has 7 heteroatoms. The van der Waals surface area contributed by atoms with Crippen LogP contribution in [0.1, 0.15) is 17.4 Å². The van der Waals surface area contributed by atoms with Gasteiger partial charge in [0, 0.05) is 41.3 Å². The number of pyridine rings is 1. The fraction of sp³-hybridized carbons (Fsp3) is 0.227. The second kappa shape index (κ2) is 7.87. The Morgan fingerprint density at radius 3 is 2.59 bits per heavy atom. The normalized spacial score (nSPS) is 15.6. The summed E-state index contributed by atoms with van der Waals surface area (Å²) in [6.45, 7) is 3.42. The number of hydrogen-bond acceptors (Lipinski definition) is 7. The lowest BCUT2D eigenvalue weighted by molar-refractivity contribution is 0.122. The van der Waals surface area contributed by atoms with Crippen LogP contribution in [0.3, 0.4) is 0 Å². The van der Waals surface area contributed by atoms with Crippen LogP contribution in [0.15, 0.2) is 60.4 Å². The van der Waals surface area contributed by atoms with Gasteiger partial charge in [-0.15, -0.1) is 11.3 Å². The number of ether oxygens (including phenoxy) is 1. The Labute approximate surface area is 173 Å². The van der Waals surface area contributed by atoms with Crippen molar-refractivity contribution < 1.29 is 4.74 Å². The summed E-state index contributed by atoms with van der Waals surface area (Å²) in [4.78, 5) is 16.7. The van der Waals surface area contributed by atoms with E-state index in [2.05, 4.69) is 49.5 Å². The second-order valence-electron chi connectivity index (χ2n) is 6.97. The molecule has 5 rings (SSSR count). The van der Waals surface area contributed by atoms with Crippen LogP contribution in [0.5, 0.6) is 0 Å². The summed E-state index contributed by atoms with van der Waals surface area (Å²) in [5, 5.41) is 3.15. The van der Waals surface area contributed by atoms with Gasteiger partial charge in [-0.25, -0.2) is 9.97 Å². The highest BCUT2D eigenvalue weighted by Crippen LogP contribution is 2.37. The quantitative estimate of drug-likeness (QED) is 0.561. The van der Waals surface area contributed by atoms with Crippen LogP contribution in [0.25, 0.3) is 21.3 Å². The average molecular weight is 404 g/mol. The minimum Gasteiger partial charge on any atom is -0.378 e. The SMILES string of the molecule is NC(c1ccccn1)c1ncnc2scc(-c3ccc(N4CCOCC4)cc3)c12. The number of aromatic nitrogens is 3. The van der Waals surface area contributed by atoms with E-state index in [9.17, 15) is 0 Å². The third kappa shape index (κ3) is 3.48. The molecule has 29 heavy (non-hydrogen) atoms. The van der Waals surface area contributed by atoms with Crippen LogP contribution in [0.4, 0.5) is 5.69 Å². The van der Waals surface area contributed by atoms with Crippen molar-refractivity contribution >= 4 is 27.2 Å². The van der Waals surface area contributed by atoms with E-state index in [-0.39, 0.29) is 0 Å². The summed E-state index contributed by atoms with van der Waals surface area (Å²) in [5.41, 5.74) is 11.6. The third-order valence-corrected chi connectivity index (χ3v) is 6.14. The van der Waals surface area contributed by atoms with Crippen molar-refractivity contribution in [3.8, 4) is 11.1 Å². The molecular weight excluding hydrogens is 382 g/mol. The Kier molecular flexibility index (Phi) is 4.93. The van der Waals surface area contributed by atoms with E-state index in [4.69, 9.17) is 10.5 Å². The molecule has 6 nitrogen and oxygen atoms in total. The van der Waals surface area contributed by atoms with E-state index >= 15 is 0 Å². The molecule has 0 radical (unpaired) electrons. The fourth-order valence-corrected chi connectivity index (χ4v) is 4.64. The van der Waals surface area contributed by atoms with Gasteiger partial charge < -0.3 is 15.4 Å². The first-order chi connectivity index (χ1) is 14.3. The molecule has 0 bridgehead atoms. The van der Waals surface area contributed by atoms with Crippen molar-refractivity contribution in [3.05, 3.63) is 71.8 Å². The second-order valence-corrected chi connectivity index (χ2v) is 7.83. The highest BCUT2D eigenvalue weighted by Gasteiger charge is 2.20. The van der Waals surface area contributed by atoms with E-state index in [0.717, 1.165) is 59.0 Å². The Morgan fingerprint density at radius 1 is 1.00 bits per heavy atom. The molecule has 1 saturated heterocycles. The Morgan fingerprint density at radius 2 is 1.83 bits per heavy atom. The van der Waals surface area contributed by atoms with E-state index < -0.39 is 6.04 Å². The first-order valence-corrected chi connectivity index (χ1v) is 10.5. The number of nitrogens with two attached hydrogens (primary N) is 1. The minimum atomic E-state index is -0.400. The molecule has 1 aliphatic heterocycles. The highest BCUT2D eigenvalue weighted by molar-refractivity contribution is 7.17.